The predicted molar refractivity (Wildman–Crippen MR) is 42.4 cm³/mol. The molecule has 1 aromatic rings. The summed E-state index contributed by atoms with van der Waals surface area (Å²) >= 11 is 1.49. The number of hydroxylamine groups is 1. The van der Waals surface area contributed by atoms with E-state index < -0.39 is 0 Å². The van der Waals surface area contributed by atoms with E-state index in [1.807, 2.05) is 5.38 Å². The third kappa shape index (κ3) is 2.52. The summed E-state index contributed by atoms with van der Waals surface area (Å²) in [6.45, 7) is 0.392. The minimum Gasteiger partial charge on any atom is -0.368 e. The summed E-state index contributed by atoms with van der Waals surface area (Å²) in [4.78, 5) is 7.73. The van der Waals surface area contributed by atoms with Gasteiger partial charge >= 0.3 is 0 Å². The molecule has 0 radical (unpaired) electrons. The maximum absolute atomic E-state index is 8.24. The van der Waals surface area contributed by atoms with Crippen molar-refractivity contribution in [2.45, 2.75) is 6.54 Å². The summed E-state index contributed by atoms with van der Waals surface area (Å²) in [5.41, 5.74) is 9.44. The van der Waals surface area contributed by atoms with Gasteiger partial charge in [0.05, 0.1) is 17.7 Å². The van der Waals surface area contributed by atoms with Gasteiger partial charge in [-0.3, -0.25) is 5.21 Å². The van der Waals surface area contributed by atoms with Crippen LogP contribution in [0, 0.1) is 0 Å². The molecule has 5 nitrogen and oxygen atoms in total. The third-order valence-corrected chi connectivity index (χ3v) is 1.64. The van der Waals surface area contributed by atoms with Gasteiger partial charge in [0.2, 0.25) is 5.96 Å². The van der Waals surface area contributed by atoms with E-state index in [0.29, 0.717) is 6.54 Å². The first-order valence-corrected chi connectivity index (χ1v) is 3.84. The Kier molecular flexibility index (Phi) is 2.82. The molecule has 1 rings (SSSR count). The van der Waals surface area contributed by atoms with Crippen molar-refractivity contribution in [3.63, 3.8) is 0 Å². The van der Waals surface area contributed by atoms with Gasteiger partial charge in [0.15, 0.2) is 0 Å². The van der Waals surface area contributed by atoms with Crippen LogP contribution in [0.3, 0.4) is 0 Å². The van der Waals surface area contributed by atoms with Gasteiger partial charge < -0.3 is 5.73 Å². The minimum absolute atomic E-state index is 0.00185. The monoisotopic (exact) mass is 172 g/mol. The van der Waals surface area contributed by atoms with Crippen LogP contribution in [0.2, 0.25) is 0 Å². The largest absolute Gasteiger partial charge is 0.368 e. The highest BCUT2D eigenvalue weighted by Gasteiger charge is 1.92. The molecule has 60 valence electrons. The highest BCUT2D eigenvalue weighted by atomic mass is 32.1. The molecule has 11 heavy (non-hydrogen) atoms. The average Bonchev–Trinajstić information content (AvgIpc) is 2.52. The molecule has 0 atom stereocenters. The highest BCUT2D eigenvalue weighted by Crippen LogP contribution is 2.01. The zero-order valence-corrected chi connectivity index (χ0v) is 6.51. The average molecular weight is 172 g/mol. The Morgan fingerprint density at radius 1 is 1.91 bits per heavy atom. The van der Waals surface area contributed by atoms with Crippen LogP contribution in [0.1, 0.15) is 5.69 Å². The lowest BCUT2D eigenvalue weighted by Crippen LogP contribution is -2.28. The molecule has 1 heterocycles. The summed E-state index contributed by atoms with van der Waals surface area (Å²) in [6.07, 6.45) is 0. The number of nitrogens with zero attached hydrogens (tertiary/aromatic N) is 2. The van der Waals surface area contributed by atoms with Crippen LogP contribution in [0.4, 0.5) is 0 Å². The van der Waals surface area contributed by atoms with Crippen LogP contribution >= 0.6 is 11.3 Å². The van der Waals surface area contributed by atoms with E-state index in [1.165, 1.54) is 11.3 Å². The van der Waals surface area contributed by atoms with Crippen molar-refractivity contribution < 1.29 is 5.21 Å². The Morgan fingerprint density at radius 3 is 3.27 bits per heavy atom. The summed E-state index contributed by atoms with van der Waals surface area (Å²) in [6, 6.07) is 0. The number of rotatable bonds is 2. The number of hydrogen-bond acceptors (Lipinski definition) is 4. The van der Waals surface area contributed by atoms with Crippen molar-refractivity contribution in [3.05, 3.63) is 16.6 Å². The van der Waals surface area contributed by atoms with E-state index in [1.54, 1.807) is 11.0 Å². The number of nitrogens with one attached hydrogen (secondary N) is 1. The molecule has 0 fully saturated rings. The van der Waals surface area contributed by atoms with Crippen molar-refractivity contribution in [2.75, 3.05) is 0 Å². The second-order valence-electron chi connectivity index (χ2n) is 1.79. The normalized spacial score (nSPS) is 11.5. The molecule has 0 spiro atoms. The Labute approximate surface area is 67.6 Å². The van der Waals surface area contributed by atoms with Crippen LogP contribution in [0.25, 0.3) is 0 Å². The first-order valence-electron chi connectivity index (χ1n) is 2.90. The number of hydrogen-bond donors (Lipinski definition) is 3. The van der Waals surface area contributed by atoms with Gasteiger partial charge in [0.1, 0.15) is 0 Å². The summed E-state index contributed by atoms with van der Waals surface area (Å²) in [5, 5.41) is 10.1. The van der Waals surface area contributed by atoms with E-state index in [2.05, 4.69) is 9.98 Å². The Hall–Kier alpha value is -1.14. The predicted octanol–water partition coefficient (Wildman–Crippen LogP) is -0.0634. The van der Waals surface area contributed by atoms with Crippen molar-refractivity contribution in [1.29, 1.82) is 0 Å². The van der Waals surface area contributed by atoms with Gasteiger partial charge in [0.25, 0.3) is 0 Å². The Morgan fingerprint density at radius 2 is 2.73 bits per heavy atom. The highest BCUT2D eigenvalue weighted by molar-refractivity contribution is 7.07. The SMILES string of the molecule is NC(=NCc1cscn1)NO. The fourth-order valence-corrected chi connectivity index (χ4v) is 1.07. The number of aliphatic imine (C=N–C) groups is 1. The summed E-state index contributed by atoms with van der Waals surface area (Å²) in [5.74, 6) is -0.00185. The van der Waals surface area contributed by atoms with Crippen molar-refractivity contribution in [1.82, 2.24) is 10.5 Å². The van der Waals surface area contributed by atoms with E-state index in [-0.39, 0.29) is 5.96 Å². The summed E-state index contributed by atoms with van der Waals surface area (Å²) in [7, 11) is 0. The fourth-order valence-electron chi connectivity index (χ4n) is 0.517. The molecule has 1 aromatic heterocycles. The number of guanidine groups is 1. The number of nitrogens with two attached hydrogens (primary N) is 1. The van der Waals surface area contributed by atoms with Gasteiger partial charge in [-0.05, 0) is 0 Å². The van der Waals surface area contributed by atoms with Crippen molar-refractivity contribution >= 4 is 17.3 Å². The van der Waals surface area contributed by atoms with Crippen molar-refractivity contribution in [2.24, 2.45) is 10.7 Å². The first kappa shape index (κ1) is 7.96. The second-order valence-corrected chi connectivity index (χ2v) is 2.51. The standard InChI is InChI=1S/C5H8N4OS/c6-5(9-10)7-1-4-2-11-3-8-4/h2-3,10H,1H2,(H3,6,7,9). The van der Waals surface area contributed by atoms with Crippen LogP contribution in [-0.2, 0) is 6.54 Å². The van der Waals surface area contributed by atoms with Crippen LogP contribution in [0.5, 0.6) is 0 Å². The molecule has 0 saturated heterocycles. The lowest BCUT2D eigenvalue weighted by atomic mass is 10.5. The topological polar surface area (TPSA) is 83.5 Å². The molecule has 0 amide bonds. The van der Waals surface area contributed by atoms with Crippen molar-refractivity contribution in [3.8, 4) is 0 Å². The zero-order valence-electron chi connectivity index (χ0n) is 5.69. The lowest BCUT2D eigenvalue weighted by molar-refractivity contribution is 0.232. The van der Waals surface area contributed by atoms with Gasteiger partial charge in [-0.2, -0.15) is 0 Å². The third-order valence-electron chi connectivity index (χ3n) is 1.01. The molecule has 0 aromatic carbocycles. The zero-order chi connectivity index (χ0) is 8.10. The van der Waals surface area contributed by atoms with Gasteiger partial charge in [-0.1, -0.05) is 0 Å². The van der Waals surface area contributed by atoms with E-state index >= 15 is 0 Å². The Balaban J connectivity index is 2.45. The molecule has 4 N–H and O–H groups in total. The van der Waals surface area contributed by atoms with E-state index in [4.69, 9.17) is 10.9 Å². The molecular formula is C5H8N4OS. The molecule has 0 aliphatic heterocycles. The molecule has 6 heteroatoms. The van der Waals surface area contributed by atoms with Gasteiger partial charge in [0, 0.05) is 5.38 Å². The molecule has 0 unspecified atom stereocenters. The maximum Gasteiger partial charge on any atom is 0.213 e. The second kappa shape index (κ2) is 3.89. The number of thiazole rings is 1. The quantitative estimate of drug-likeness (QED) is 0.331. The molecule has 0 bridgehead atoms. The maximum atomic E-state index is 8.24. The van der Waals surface area contributed by atoms with E-state index in [9.17, 15) is 0 Å². The molecule has 0 aliphatic rings. The lowest BCUT2D eigenvalue weighted by Gasteiger charge is -1.94. The van der Waals surface area contributed by atoms with Gasteiger partial charge in [-0.15, -0.1) is 11.3 Å². The van der Waals surface area contributed by atoms with Crippen LogP contribution < -0.4 is 11.2 Å². The fraction of sp³-hybridized carbons (Fsp3) is 0.200. The summed E-state index contributed by atoms with van der Waals surface area (Å²) < 4.78 is 0. The molecule has 0 aliphatic carbocycles. The van der Waals surface area contributed by atoms with Gasteiger partial charge in [-0.25, -0.2) is 15.5 Å². The van der Waals surface area contributed by atoms with E-state index in [0.717, 1.165) is 5.69 Å². The first-order chi connectivity index (χ1) is 5.33. The smallest absolute Gasteiger partial charge is 0.213 e. The Bertz CT molecular complexity index is 233. The van der Waals surface area contributed by atoms with Crippen LogP contribution in [0.15, 0.2) is 15.9 Å². The minimum atomic E-state index is -0.00185. The van der Waals surface area contributed by atoms with Crippen LogP contribution in [-0.4, -0.2) is 16.2 Å². The molecular weight excluding hydrogens is 164 g/mol. The number of aromatic nitrogens is 1. The molecule has 0 saturated carbocycles.